The van der Waals surface area contributed by atoms with Crippen LogP contribution >= 0.6 is 0 Å². The second-order valence-electron chi connectivity index (χ2n) is 8.19. The molecule has 0 aliphatic heterocycles. The van der Waals surface area contributed by atoms with Gasteiger partial charge >= 0.3 is 0 Å². The van der Waals surface area contributed by atoms with Crippen LogP contribution in [0.25, 0.3) is 6.08 Å². The molecule has 1 aromatic heterocycles. The SMILES string of the molecule is COc1ccccc1C=CC(=O)N(Cc1ccc(F)cc1F)Cc1nncn1Cc1ccc(C#N)cc1. The van der Waals surface area contributed by atoms with Crippen molar-refractivity contribution in [2.24, 2.45) is 0 Å². The third-order valence-electron chi connectivity index (χ3n) is 5.70. The Bertz CT molecular complexity index is 1460. The molecule has 0 bridgehead atoms. The summed E-state index contributed by atoms with van der Waals surface area (Å²) < 4.78 is 35.0. The van der Waals surface area contributed by atoms with E-state index in [1.807, 2.05) is 24.3 Å². The van der Waals surface area contributed by atoms with Gasteiger partial charge in [-0.3, -0.25) is 4.79 Å². The number of halogens is 2. The van der Waals surface area contributed by atoms with E-state index in [1.54, 1.807) is 48.3 Å². The number of rotatable bonds is 9. The molecule has 1 amide bonds. The molecule has 1 heterocycles. The predicted octanol–water partition coefficient (Wildman–Crippen LogP) is 4.73. The molecule has 0 aliphatic rings. The van der Waals surface area contributed by atoms with E-state index < -0.39 is 17.5 Å². The number of nitriles is 1. The minimum Gasteiger partial charge on any atom is -0.496 e. The number of carbonyl (C=O) groups is 1. The zero-order valence-corrected chi connectivity index (χ0v) is 20.0. The van der Waals surface area contributed by atoms with Gasteiger partial charge in [0.25, 0.3) is 0 Å². The molecule has 37 heavy (non-hydrogen) atoms. The highest BCUT2D eigenvalue weighted by Gasteiger charge is 2.18. The lowest BCUT2D eigenvalue weighted by Gasteiger charge is -2.22. The normalized spacial score (nSPS) is 10.9. The van der Waals surface area contributed by atoms with Crippen molar-refractivity contribution >= 4 is 12.0 Å². The van der Waals surface area contributed by atoms with Crippen LogP contribution in [0.15, 0.2) is 79.1 Å². The van der Waals surface area contributed by atoms with Crippen LogP contribution in [0.3, 0.4) is 0 Å². The molecule has 0 spiro atoms. The van der Waals surface area contributed by atoms with Gasteiger partial charge in [0.2, 0.25) is 5.91 Å². The Labute approximate surface area is 212 Å². The molecule has 0 fully saturated rings. The number of hydrogen-bond donors (Lipinski definition) is 0. The molecule has 0 N–H and O–H groups in total. The largest absolute Gasteiger partial charge is 0.496 e. The molecular weight excluding hydrogens is 476 g/mol. The van der Waals surface area contributed by atoms with Crippen molar-refractivity contribution in [2.75, 3.05) is 7.11 Å². The van der Waals surface area contributed by atoms with Crippen molar-refractivity contribution in [1.29, 1.82) is 5.26 Å². The van der Waals surface area contributed by atoms with Crippen molar-refractivity contribution in [3.63, 3.8) is 0 Å². The molecule has 4 rings (SSSR count). The zero-order chi connectivity index (χ0) is 26.2. The van der Waals surface area contributed by atoms with E-state index in [-0.39, 0.29) is 18.7 Å². The highest BCUT2D eigenvalue weighted by Crippen LogP contribution is 2.20. The van der Waals surface area contributed by atoms with Crippen molar-refractivity contribution in [3.8, 4) is 11.8 Å². The molecule has 4 aromatic rings. The van der Waals surface area contributed by atoms with Gasteiger partial charge in [-0.05, 0) is 35.9 Å². The first-order valence-corrected chi connectivity index (χ1v) is 11.4. The summed E-state index contributed by atoms with van der Waals surface area (Å²) in [7, 11) is 1.54. The van der Waals surface area contributed by atoms with Crippen LogP contribution in [-0.4, -0.2) is 32.7 Å². The number of carbonyl (C=O) groups excluding carboxylic acids is 1. The van der Waals surface area contributed by atoms with Gasteiger partial charge in [0.1, 0.15) is 23.7 Å². The fourth-order valence-corrected chi connectivity index (χ4v) is 3.72. The first-order valence-electron chi connectivity index (χ1n) is 11.4. The summed E-state index contributed by atoms with van der Waals surface area (Å²) in [5.41, 5.74) is 2.33. The third-order valence-corrected chi connectivity index (χ3v) is 5.70. The molecular formula is C28H23F2N5O2. The number of para-hydroxylation sites is 1. The van der Waals surface area contributed by atoms with E-state index in [0.717, 1.165) is 17.7 Å². The molecule has 3 aromatic carbocycles. The molecule has 0 atom stereocenters. The molecule has 9 heteroatoms. The second kappa shape index (κ2) is 11.7. The van der Waals surface area contributed by atoms with Gasteiger partial charge in [-0.15, -0.1) is 10.2 Å². The van der Waals surface area contributed by atoms with Gasteiger partial charge in [0.15, 0.2) is 5.82 Å². The maximum Gasteiger partial charge on any atom is 0.247 e. The average molecular weight is 500 g/mol. The number of amides is 1. The Kier molecular flexibility index (Phi) is 8.01. The average Bonchev–Trinajstić information content (AvgIpc) is 3.35. The predicted molar refractivity (Wildman–Crippen MR) is 133 cm³/mol. The number of nitrogens with zero attached hydrogens (tertiary/aromatic N) is 5. The summed E-state index contributed by atoms with van der Waals surface area (Å²) in [6.45, 7) is 0.338. The lowest BCUT2D eigenvalue weighted by molar-refractivity contribution is -0.127. The fraction of sp³-hybridized carbons (Fsp3) is 0.143. The monoisotopic (exact) mass is 499 g/mol. The van der Waals surface area contributed by atoms with Gasteiger partial charge in [-0.1, -0.05) is 36.4 Å². The lowest BCUT2D eigenvalue weighted by Crippen LogP contribution is -2.30. The summed E-state index contributed by atoms with van der Waals surface area (Å²) in [4.78, 5) is 14.7. The quantitative estimate of drug-likeness (QED) is 0.311. The van der Waals surface area contributed by atoms with E-state index in [0.29, 0.717) is 29.2 Å². The molecule has 0 saturated heterocycles. The molecule has 0 radical (unpaired) electrons. The summed E-state index contributed by atoms with van der Waals surface area (Å²) in [5, 5.41) is 17.2. The minimum absolute atomic E-state index is 0.0300. The Morgan fingerprint density at radius 1 is 1.11 bits per heavy atom. The number of methoxy groups -OCH3 is 1. The van der Waals surface area contributed by atoms with Crippen molar-refractivity contribution in [3.05, 3.63) is 119 Å². The van der Waals surface area contributed by atoms with Crippen LogP contribution in [0.4, 0.5) is 8.78 Å². The zero-order valence-electron chi connectivity index (χ0n) is 20.0. The molecule has 0 saturated carbocycles. The number of aromatic nitrogens is 3. The topological polar surface area (TPSA) is 84.0 Å². The Hall–Kier alpha value is -4.84. The van der Waals surface area contributed by atoms with E-state index in [4.69, 9.17) is 10.00 Å². The van der Waals surface area contributed by atoms with Crippen LogP contribution in [0.2, 0.25) is 0 Å². The van der Waals surface area contributed by atoms with Crippen molar-refractivity contribution in [1.82, 2.24) is 19.7 Å². The van der Waals surface area contributed by atoms with Gasteiger partial charge in [-0.2, -0.15) is 5.26 Å². The van der Waals surface area contributed by atoms with E-state index in [2.05, 4.69) is 16.3 Å². The summed E-state index contributed by atoms with van der Waals surface area (Å²) in [5.74, 6) is -0.763. The summed E-state index contributed by atoms with van der Waals surface area (Å²) in [6, 6.07) is 19.7. The number of ether oxygens (including phenoxy) is 1. The fourth-order valence-electron chi connectivity index (χ4n) is 3.72. The van der Waals surface area contributed by atoms with Crippen LogP contribution in [0.5, 0.6) is 5.75 Å². The molecule has 186 valence electrons. The Morgan fingerprint density at radius 3 is 2.62 bits per heavy atom. The highest BCUT2D eigenvalue weighted by atomic mass is 19.1. The standard InChI is InChI=1S/C28H23F2N5O2/c1-37-26-5-3-2-4-22(26)11-13-28(36)34(17-23-10-12-24(29)14-25(23)30)18-27-33-32-19-35(27)16-21-8-6-20(15-31)7-9-21/h2-14,19H,16-18H2,1H3. The van der Waals surface area contributed by atoms with E-state index in [9.17, 15) is 13.6 Å². The first kappa shape index (κ1) is 25.3. The van der Waals surface area contributed by atoms with Crippen LogP contribution in [0, 0.1) is 23.0 Å². The van der Waals surface area contributed by atoms with E-state index in [1.165, 1.54) is 17.0 Å². The van der Waals surface area contributed by atoms with Crippen molar-refractivity contribution < 1.29 is 18.3 Å². The van der Waals surface area contributed by atoms with E-state index >= 15 is 0 Å². The van der Waals surface area contributed by atoms with Crippen LogP contribution < -0.4 is 4.74 Å². The summed E-state index contributed by atoms with van der Waals surface area (Å²) in [6.07, 6.45) is 4.54. The van der Waals surface area contributed by atoms with Crippen LogP contribution in [0.1, 0.15) is 28.1 Å². The number of hydrogen-bond acceptors (Lipinski definition) is 5. The summed E-state index contributed by atoms with van der Waals surface area (Å²) >= 11 is 0. The lowest BCUT2D eigenvalue weighted by atomic mass is 10.1. The molecule has 0 unspecified atom stereocenters. The second-order valence-corrected chi connectivity index (χ2v) is 8.19. The maximum atomic E-state index is 14.5. The van der Waals surface area contributed by atoms with Crippen molar-refractivity contribution in [2.45, 2.75) is 19.6 Å². The minimum atomic E-state index is -0.745. The van der Waals surface area contributed by atoms with Crippen LogP contribution in [-0.2, 0) is 24.4 Å². The highest BCUT2D eigenvalue weighted by molar-refractivity contribution is 5.92. The third kappa shape index (κ3) is 6.44. The number of benzene rings is 3. The smallest absolute Gasteiger partial charge is 0.247 e. The Morgan fingerprint density at radius 2 is 1.89 bits per heavy atom. The van der Waals surface area contributed by atoms with Gasteiger partial charge in [-0.25, -0.2) is 8.78 Å². The maximum absolute atomic E-state index is 14.5. The van der Waals surface area contributed by atoms with Gasteiger partial charge < -0.3 is 14.2 Å². The Balaban J connectivity index is 1.59. The van der Waals surface area contributed by atoms with Gasteiger partial charge in [0, 0.05) is 29.8 Å². The first-order chi connectivity index (χ1) is 18.0. The van der Waals surface area contributed by atoms with Gasteiger partial charge in [0.05, 0.1) is 31.8 Å². The molecule has 0 aliphatic carbocycles. The molecule has 7 nitrogen and oxygen atoms in total.